The van der Waals surface area contributed by atoms with Crippen LogP contribution in [0.15, 0.2) is 42.3 Å². The molecule has 4 rings (SSSR count). The summed E-state index contributed by atoms with van der Waals surface area (Å²) in [4.78, 5) is 11.4. The fraction of sp³-hybridized carbons (Fsp3) is 0.389. The third kappa shape index (κ3) is 3.39. The van der Waals surface area contributed by atoms with E-state index in [-0.39, 0.29) is 0 Å². The molecule has 1 fully saturated rings. The highest BCUT2D eigenvalue weighted by molar-refractivity contribution is 7.13. The Bertz CT molecular complexity index is 778. The lowest BCUT2D eigenvalue weighted by Crippen LogP contribution is -2.32. The molecule has 0 spiro atoms. The van der Waals surface area contributed by atoms with Gasteiger partial charge in [0, 0.05) is 23.5 Å². The summed E-state index contributed by atoms with van der Waals surface area (Å²) in [5.74, 6) is 0. The van der Waals surface area contributed by atoms with Crippen molar-refractivity contribution in [1.29, 1.82) is 0 Å². The zero-order chi connectivity index (χ0) is 16.4. The number of likely N-dealkylation sites (tertiary alicyclic amines) is 1. The molecule has 1 atom stereocenters. The van der Waals surface area contributed by atoms with Crippen LogP contribution in [-0.2, 0) is 13.1 Å². The molecular formula is C18H21N5S. The van der Waals surface area contributed by atoms with Gasteiger partial charge in [0.15, 0.2) is 0 Å². The minimum absolute atomic E-state index is 0.524. The molecule has 3 aromatic rings. The van der Waals surface area contributed by atoms with Crippen molar-refractivity contribution < 1.29 is 0 Å². The van der Waals surface area contributed by atoms with E-state index in [1.165, 1.54) is 29.7 Å². The molecule has 2 aromatic heterocycles. The summed E-state index contributed by atoms with van der Waals surface area (Å²) in [5.41, 5.74) is 3.65. The van der Waals surface area contributed by atoms with Gasteiger partial charge in [0.05, 0.1) is 12.2 Å². The van der Waals surface area contributed by atoms with E-state index in [1.54, 1.807) is 24.0 Å². The molecule has 0 aliphatic carbocycles. The fourth-order valence-electron chi connectivity index (χ4n) is 3.27. The van der Waals surface area contributed by atoms with Crippen LogP contribution in [0.5, 0.6) is 0 Å². The first-order chi connectivity index (χ1) is 11.8. The molecule has 3 heterocycles. The van der Waals surface area contributed by atoms with E-state index in [0.29, 0.717) is 6.04 Å². The highest BCUT2D eigenvalue weighted by Gasteiger charge is 2.25. The molecule has 0 amide bonds. The number of rotatable bonds is 5. The first-order valence-electron chi connectivity index (χ1n) is 8.36. The van der Waals surface area contributed by atoms with Crippen molar-refractivity contribution in [3.63, 3.8) is 0 Å². The molecule has 124 valence electrons. The van der Waals surface area contributed by atoms with Crippen LogP contribution < -0.4 is 0 Å². The Labute approximate surface area is 146 Å². The van der Waals surface area contributed by atoms with E-state index in [0.717, 1.165) is 24.6 Å². The van der Waals surface area contributed by atoms with Gasteiger partial charge in [-0.2, -0.15) is 5.10 Å². The van der Waals surface area contributed by atoms with Crippen molar-refractivity contribution in [2.24, 2.45) is 0 Å². The third-order valence-corrected chi connectivity index (χ3v) is 5.52. The molecule has 0 radical (unpaired) electrons. The number of hydrogen-bond acceptors (Lipinski definition) is 5. The van der Waals surface area contributed by atoms with Gasteiger partial charge in [-0.1, -0.05) is 29.8 Å². The zero-order valence-corrected chi connectivity index (χ0v) is 14.6. The van der Waals surface area contributed by atoms with Gasteiger partial charge in [0.25, 0.3) is 0 Å². The maximum absolute atomic E-state index is 4.85. The van der Waals surface area contributed by atoms with E-state index in [1.807, 2.05) is 4.68 Å². The fourth-order valence-corrected chi connectivity index (χ4v) is 4.09. The van der Waals surface area contributed by atoms with Crippen molar-refractivity contribution in [2.45, 2.75) is 38.9 Å². The topological polar surface area (TPSA) is 46.8 Å². The predicted octanol–water partition coefficient (Wildman–Crippen LogP) is 3.37. The first-order valence-corrected chi connectivity index (χ1v) is 9.24. The first kappa shape index (κ1) is 15.5. The molecule has 1 aliphatic heterocycles. The highest BCUT2D eigenvalue weighted by atomic mass is 32.1. The molecule has 6 heteroatoms. The second-order valence-electron chi connectivity index (χ2n) is 6.39. The lowest BCUT2D eigenvalue weighted by Gasteiger charge is -2.23. The SMILES string of the molecule is Cc1ccc(-c2nc(CN3CCCC3Cn3cncn3)cs2)cc1. The van der Waals surface area contributed by atoms with Crippen LogP contribution in [-0.4, -0.2) is 37.2 Å². The minimum Gasteiger partial charge on any atom is -0.293 e. The molecule has 0 N–H and O–H groups in total. The van der Waals surface area contributed by atoms with Gasteiger partial charge in [-0.05, 0) is 26.3 Å². The van der Waals surface area contributed by atoms with Crippen LogP contribution in [0.2, 0.25) is 0 Å². The van der Waals surface area contributed by atoms with Gasteiger partial charge in [-0.25, -0.2) is 9.97 Å². The molecule has 1 aromatic carbocycles. The van der Waals surface area contributed by atoms with Gasteiger partial charge in [-0.3, -0.25) is 9.58 Å². The molecule has 1 saturated heterocycles. The van der Waals surface area contributed by atoms with Crippen molar-refractivity contribution in [1.82, 2.24) is 24.6 Å². The number of hydrogen-bond donors (Lipinski definition) is 0. The van der Waals surface area contributed by atoms with Crippen LogP contribution in [0.4, 0.5) is 0 Å². The summed E-state index contributed by atoms with van der Waals surface area (Å²) in [6.45, 7) is 5.08. The maximum atomic E-state index is 4.85. The second-order valence-corrected chi connectivity index (χ2v) is 7.25. The third-order valence-electron chi connectivity index (χ3n) is 4.58. The Hall–Kier alpha value is -2.05. The predicted molar refractivity (Wildman–Crippen MR) is 95.7 cm³/mol. The normalized spacial score (nSPS) is 18.3. The van der Waals surface area contributed by atoms with Crippen molar-refractivity contribution >= 4 is 11.3 Å². The van der Waals surface area contributed by atoms with Crippen LogP contribution in [0.1, 0.15) is 24.1 Å². The van der Waals surface area contributed by atoms with Crippen molar-refractivity contribution in [3.8, 4) is 10.6 Å². The largest absolute Gasteiger partial charge is 0.293 e. The maximum Gasteiger partial charge on any atom is 0.137 e. The molecule has 0 bridgehead atoms. The van der Waals surface area contributed by atoms with E-state index >= 15 is 0 Å². The van der Waals surface area contributed by atoms with Crippen LogP contribution in [0.3, 0.4) is 0 Å². The Morgan fingerprint density at radius 2 is 2.12 bits per heavy atom. The smallest absolute Gasteiger partial charge is 0.137 e. The summed E-state index contributed by atoms with van der Waals surface area (Å²) < 4.78 is 1.93. The number of aromatic nitrogens is 4. The molecule has 1 aliphatic rings. The second kappa shape index (κ2) is 6.83. The number of thiazole rings is 1. The molecular weight excluding hydrogens is 318 g/mol. The van der Waals surface area contributed by atoms with E-state index in [2.05, 4.69) is 51.6 Å². The average molecular weight is 339 g/mol. The summed E-state index contributed by atoms with van der Waals surface area (Å²) in [6, 6.07) is 9.12. The van der Waals surface area contributed by atoms with E-state index < -0.39 is 0 Å². The number of benzene rings is 1. The van der Waals surface area contributed by atoms with Crippen LogP contribution in [0, 0.1) is 6.92 Å². The van der Waals surface area contributed by atoms with Gasteiger partial charge in [-0.15, -0.1) is 11.3 Å². The Morgan fingerprint density at radius 3 is 2.92 bits per heavy atom. The van der Waals surface area contributed by atoms with E-state index in [9.17, 15) is 0 Å². The summed E-state index contributed by atoms with van der Waals surface area (Å²) >= 11 is 1.73. The van der Waals surface area contributed by atoms with E-state index in [4.69, 9.17) is 4.98 Å². The van der Waals surface area contributed by atoms with Crippen LogP contribution >= 0.6 is 11.3 Å². The van der Waals surface area contributed by atoms with Crippen molar-refractivity contribution in [2.75, 3.05) is 6.54 Å². The standard InChI is InChI=1S/C18H21N5S/c1-14-4-6-15(7-5-14)18-21-16(11-24-18)9-22-8-2-3-17(22)10-23-13-19-12-20-23/h4-7,11-13,17H,2-3,8-10H2,1H3. The number of aryl methyl sites for hydroxylation is 1. The lowest BCUT2D eigenvalue weighted by molar-refractivity contribution is 0.217. The Kier molecular flexibility index (Phi) is 4.40. The minimum atomic E-state index is 0.524. The summed E-state index contributed by atoms with van der Waals surface area (Å²) in [7, 11) is 0. The quantitative estimate of drug-likeness (QED) is 0.715. The average Bonchev–Trinajstić information content (AvgIpc) is 3.32. The Balaban J connectivity index is 1.44. The van der Waals surface area contributed by atoms with Gasteiger partial charge < -0.3 is 0 Å². The summed E-state index contributed by atoms with van der Waals surface area (Å²) in [5, 5.41) is 7.54. The molecule has 24 heavy (non-hydrogen) atoms. The molecule has 0 saturated carbocycles. The lowest BCUT2D eigenvalue weighted by atomic mass is 10.2. The zero-order valence-electron chi connectivity index (χ0n) is 13.8. The highest BCUT2D eigenvalue weighted by Crippen LogP contribution is 2.26. The van der Waals surface area contributed by atoms with Gasteiger partial charge in [0.2, 0.25) is 0 Å². The number of nitrogens with zero attached hydrogens (tertiary/aromatic N) is 5. The molecule has 1 unspecified atom stereocenters. The molecule has 5 nitrogen and oxygen atoms in total. The van der Waals surface area contributed by atoms with Crippen molar-refractivity contribution in [3.05, 3.63) is 53.6 Å². The summed E-state index contributed by atoms with van der Waals surface area (Å²) in [6.07, 6.45) is 5.87. The van der Waals surface area contributed by atoms with Gasteiger partial charge >= 0.3 is 0 Å². The monoisotopic (exact) mass is 339 g/mol. The van der Waals surface area contributed by atoms with Crippen LogP contribution in [0.25, 0.3) is 10.6 Å². The van der Waals surface area contributed by atoms with Gasteiger partial charge in [0.1, 0.15) is 17.7 Å². The Morgan fingerprint density at radius 1 is 1.25 bits per heavy atom.